The van der Waals surface area contributed by atoms with Crippen molar-refractivity contribution in [2.45, 2.75) is 132 Å². The molecule has 5 N–H and O–H groups in total. The standard InChI is InChI=1S/4C23H26N2O3.C2H6O/c4*1-22(2)17-7-5-6-8-18(17)25-14-12-21(26)24-23(22,25)13-11-16-9-10-19(27-3)20(15-16)28-4;1-2-3/h4*5-11,13,15H,12,14H2,1-4H3,(H,24,26);3H,2H2,1H3/b4*13-11+;. The van der Waals surface area contributed by atoms with Crippen LogP contribution in [0.1, 0.15) is 133 Å². The zero-order valence-corrected chi connectivity index (χ0v) is 69.3. The molecule has 0 aliphatic carbocycles. The number of fused-ring (bicyclic) bond motifs is 12. The van der Waals surface area contributed by atoms with E-state index in [0.717, 1.165) is 22.3 Å². The normalized spacial score (nSPS) is 22.1. The maximum Gasteiger partial charge on any atom is 0.223 e. The number of anilines is 4. The van der Waals surface area contributed by atoms with E-state index in [0.29, 0.717) is 97.9 Å². The molecular weight excluding hydrogens is 1450 g/mol. The third kappa shape index (κ3) is 14.7. The number of aliphatic hydroxyl groups is 1. The summed E-state index contributed by atoms with van der Waals surface area (Å²) in [6.07, 6.45) is 18.7. The van der Waals surface area contributed by atoms with Crippen LogP contribution < -0.4 is 78.8 Å². The largest absolute Gasteiger partial charge is 0.493 e. The van der Waals surface area contributed by atoms with Crippen LogP contribution in [0.4, 0.5) is 22.7 Å². The second-order valence-electron chi connectivity index (χ2n) is 31.5. The summed E-state index contributed by atoms with van der Waals surface area (Å²) in [5, 5.41) is 20.7. The molecule has 8 aliphatic heterocycles. The Balaban J connectivity index is 0.000000140. The van der Waals surface area contributed by atoms with Crippen LogP contribution in [0.3, 0.4) is 0 Å². The van der Waals surface area contributed by atoms with Gasteiger partial charge in [0, 0.05) is 103 Å². The molecule has 16 rings (SSSR count). The van der Waals surface area contributed by atoms with Crippen LogP contribution in [-0.2, 0) is 40.8 Å². The second-order valence-corrected chi connectivity index (χ2v) is 31.5. The molecule has 115 heavy (non-hydrogen) atoms. The summed E-state index contributed by atoms with van der Waals surface area (Å²) in [4.78, 5) is 59.0. The van der Waals surface area contributed by atoms with E-state index in [1.165, 1.54) is 45.0 Å². The lowest BCUT2D eigenvalue weighted by atomic mass is 9.74. The molecule has 21 heteroatoms. The van der Waals surface area contributed by atoms with Crippen molar-refractivity contribution in [3.63, 3.8) is 0 Å². The molecule has 8 heterocycles. The Bertz CT molecular complexity index is 4450. The highest BCUT2D eigenvalue weighted by atomic mass is 16.5. The molecule has 4 unspecified atom stereocenters. The zero-order chi connectivity index (χ0) is 82.5. The fraction of sp³-hybridized carbons (Fsp3) is 0.362. The average Bonchev–Trinajstić information content (AvgIpc) is 1.57. The van der Waals surface area contributed by atoms with Crippen molar-refractivity contribution in [1.29, 1.82) is 0 Å². The molecule has 4 amide bonds. The molecule has 0 bridgehead atoms. The predicted molar refractivity (Wildman–Crippen MR) is 456 cm³/mol. The fourth-order valence-electron chi connectivity index (χ4n) is 18.0. The van der Waals surface area contributed by atoms with E-state index in [-0.39, 0.29) is 51.9 Å². The van der Waals surface area contributed by atoms with Crippen molar-refractivity contribution in [3.05, 3.63) is 239 Å². The Kier molecular flexibility index (Phi) is 23.9. The van der Waals surface area contributed by atoms with Gasteiger partial charge in [-0.3, -0.25) is 19.2 Å². The van der Waals surface area contributed by atoms with Gasteiger partial charge in [0.1, 0.15) is 22.7 Å². The number of para-hydroxylation sites is 4. The molecule has 0 radical (unpaired) electrons. The van der Waals surface area contributed by atoms with Crippen LogP contribution in [0.25, 0.3) is 24.3 Å². The first-order valence-corrected chi connectivity index (χ1v) is 39.1. The van der Waals surface area contributed by atoms with Crippen LogP contribution >= 0.6 is 0 Å². The number of benzene rings is 8. The van der Waals surface area contributed by atoms with Crippen LogP contribution in [0.2, 0.25) is 0 Å². The number of nitrogens with zero attached hydrogens (tertiary/aromatic N) is 4. The number of ether oxygens (including phenoxy) is 8. The Morgan fingerprint density at radius 2 is 0.487 bits per heavy atom. The summed E-state index contributed by atoms with van der Waals surface area (Å²) >= 11 is 0. The van der Waals surface area contributed by atoms with Crippen molar-refractivity contribution < 1.29 is 62.2 Å². The minimum Gasteiger partial charge on any atom is -0.493 e. The lowest BCUT2D eigenvalue weighted by molar-refractivity contribution is -0.125. The van der Waals surface area contributed by atoms with Gasteiger partial charge in [-0.25, -0.2) is 0 Å². The summed E-state index contributed by atoms with van der Waals surface area (Å²) < 4.78 is 43.0. The maximum atomic E-state index is 12.4. The number of carbonyl (C=O) groups is 4. The van der Waals surface area contributed by atoms with Gasteiger partial charge >= 0.3 is 0 Å². The molecule has 4 saturated heterocycles. The molecule has 604 valence electrons. The van der Waals surface area contributed by atoms with E-state index in [1.807, 2.05) is 97.1 Å². The molecule has 8 aromatic carbocycles. The molecule has 21 nitrogen and oxygen atoms in total. The lowest BCUT2D eigenvalue weighted by Crippen LogP contribution is -2.68. The monoisotopic (exact) mass is 1560 g/mol. The first kappa shape index (κ1) is 82.6. The van der Waals surface area contributed by atoms with Gasteiger partial charge in [-0.1, -0.05) is 177 Å². The van der Waals surface area contributed by atoms with E-state index in [1.54, 1.807) is 63.8 Å². The summed E-state index contributed by atoms with van der Waals surface area (Å²) in [7, 11) is 13.0. The second kappa shape index (κ2) is 33.3. The molecule has 4 atom stereocenters. The van der Waals surface area contributed by atoms with Crippen molar-refractivity contribution in [2.24, 2.45) is 0 Å². The molecular formula is C94H110N8O13. The summed E-state index contributed by atoms with van der Waals surface area (Å²) in [6, 6.07) is 56.9. The number of rotatable bonds is 16. The Morgan fingerprint density at radius 1 is 0.304 bits per heavy atom. The number of aliphatic hydroxyl groups excluding tert-OH is 1. The number of carbonyl (C=O) groups excluding carboxylic acids is 4. The van der Waals surface area contributed by atoms with Gasteiger partial charge < -0.3 is 83.9 Å². The van der Waals surface area contributed by atoms with Crippen molar-refractivity contribution in [3.8, 4) is 46.0 Å². The number of amides is 4. The van der Waals surface area contributed by atoms with Gasteiger partial charge in [-0.05, 0) is 149 Å². The van der Waals surface area contributed by atoms with Crippen molar-refractivity contribution >= 4 is 70.7 Å². The van der Waals surface area contributed by atoms with Gasteiger partial charge in [-0.15, -0.1) is 0 Å². The highest BCUT2D eigenvalue weighted by Gasteiger charge is 2.62. The van der Waals surface area contributed by atoms with Crippen LogP contribution in [-0.4, -0.2) is 141 Å². The third-order valence-electron chi connectivity index (χ3n) is 24.3. The Labute approximate surface area is 676 Å². The topological polar surface area (TPSA) is 223 Å². The van der Waals surface area contributed by atoms with Crippen LogP contribution in [0, 0.1) is 0 Å². The summed E-state index contributed by atoms with van der Waals surface area (Å²) in [5.74, 6) is 5.81. The molecule has 4 fully saturated rings. The van der Waals surface area contributed by atoms with Gasteiger partial charge in [0.2, 0.25) is 23.6 Å². The zero-order valence-electron chi connectivity index (χ0n) is 69.3. The molecule has 8 aromatic rings. The smallest absolute Gasteiger partial charge is 0.223 e. The number of nitrogens with one attached hydrogen (secondary N) is 4. The van der Waals surface area contributed by atoms with E-state index in [4.69, 9.17) is 43.0 Å². The van der Waals surface area contributed by atoms with E-state index >= 15 is 0 Å². The van der Waals surface area contributed by atoms with E-state index in [2.05, 4.69) is 218 Å². The van der Waals surface area contributed by atoms with Crippen LogP contribution in [0.5, 0.6) is 46.0 Å². The van der Waals surface area contributed by atoms with Gasteiger partial charge in [-0.2, -0.15) is 0 Å². The lowest BCUT2D eigenvalue weighted by Gasteiger charge is -2.49. The summed E-state index contributed by atoms with van der Waals surface area (Å²) in [6.45, 7) is 22.2. The Morgan fingerprint density at radius 3 is 0.670 bits per heavy atom. The number of methoxy groups -OCH3 is 8. The van der Waals surface area contributed by atoms with E-state index < -0.39 is 22.7 Å². The molecule has 8 aliphatic rings. The Hall–Kier alpha value is -11.8. The van der Waals surface area contributed by atoms with Gasteiger partial charge in [0.25, 0.3) is 0 Å². The minimum absolute atomic E-state index is 0.0779. The van der Waals surface area contributed by atoms with Gasteiger partial charge in [0.05, 0.1) is 56.9 Å². The third-order valence-corrected chi connectivity index (χ3v) is 24.3. The number of hydrogen-bond acceptors (Lipinski definition) is 17. The SMILES string of the molecule is CCO.COc1ccc(/C=C/C23NC(=O)CCN2c2ccccc2C3(C)C)cc1OC.COc1ccc(/C=C/C23NC(=O)CCN2c2ccccc2C3(C)C)cc1OC.COc1ccc(/C=C/C23NC(=O)CCN2c2ccccc2C3(C)C)cc1OC.COc1ccc(/C=C/C23NC(=O)CCN2c2ccccc2C3(C)C)cc1OC. The maximum absolute atomic E-state index is 12.4. The van der Waals surface area contributed by atoms with Crippen molar-refractivity contribution in [2.75, 3.05) is 109 Å². The van der Waals surface area contributed by atoms with Crippen LogP contribution in [0.15, 0.2) is 194 Å². The first-order chi connectivity index (χ1) is 55.1. The highest BCUT2D eigenvalue weighted by molar-refractivity contribution is 5.88. The van der Waals surface area contributed by atoms with E-state index in [9.17, 15) is 19.2 Å². The van der Waals surface area contributed by atoms with Crippen molar-refractivity contribution in [1.82, 2.24) is 21.3 Å². The quantitative estimate of drug-likeness (QED) is 0.0606. The average molecular weight is 1560 g/mol. The molecule has 0 saturated carbocycles. The first-order valence-electron chi connectivity index (χ1n) is 39.1. The molecule has 0 spiro atoms. The minimum atomic E-state index is -0.612. The predicted octanol–water partition coefficient (Wildman–Crippen LogP) is 14.9. The fourth-order valence-corrected chi connectivity index (χ4v) is 18.0. The highest BCUT2D eigenvalue weighted by Crippen LogP contribution is 2.57. The summed E-state index contributed by atoms with van der Waals surface area (Å²) in [5.41, 5.74) is 10.1. The molecule has 0 aromatic heterocycles. The van der Waals surface area contributed by atoms with Gasteiger partial charge in [0.15, 0.2) is 46.0 Å². The number of hydrogen-bond donors (Lipinski definition) is 5.